The minimum absolute atomic E-state index is 0.210. The molecule has 0 bridgehead atoms. The zero-order chi connectivity index (χ0) is 16.9. The van der Waals surface area contributed by atoms with E-state index in [0.29, 0.717) is 13.1 Å². The van der Waals surface area contributed by atoms with Crippen molar-refractivity contribution in [3.63, 3.8) is 0 Å². The van der Waals surface area contributed by atoms with Crippen molar-refractivity contribution in [1.82, 2.24) is 9.47 Å². The van der Waals surface area contributed by atoms with E-state index in [-0.39, 0.29) is 11.8 Å². The molecule has 4 heteroatoms. The maximum Gasteiger partial charge on any atom is 0.226 e. The summed E-state index contributed by atoms with van der Waals surface area (Å²) in [6.07, 6.45) is 7.08. The molecule has 2 aromatic rings. The summed E-state index contributed by atoms with van der Waals surface area (Å²) < 4.78 is 2.18. The molecular weight excluding hydrogens is 320 g/mol. The maximum absolute atomic E-state index is 12.6. The van der Waals surface area contributed by atoms with E-state index < -0.39 is 0 Å². The Kier molecular flexibility index (Phi) is 5.41. The Bertz CT molecular complexity index is 718. The fourth-order valence-corrected chi connectivity index (χ4v) is 3.29. The molecule has 3 nitrogen and oxygen atoms in total. The number of hydrogen-bond acceptors (Lipinski definition) is 1. The van der Waals surface area contributed by atoms with Gasteiger partial charge in [0.05, 0.1) is 6.54 Å². The van der Waals surface area contributed by atoms with Crippen molar-refractivity contribution in [2.75, 3.05) is 6.54 Å². The van der Waals surface area contributed by atoms with Gasteiger partial charge in [0, 0.05) is 35.9 Å². The molecule has 1 amide bonds. The summed E-state index contributed by atoms with van der Waals surface area (Å²) in [6, 6.07) is 12.0. The number of halogens is 1. The molecule has 1 aromatic carbocycles. The van der Waals surface area contributed by atoms with E-state index in [9.17, 15) is 4.79 Å². The van der Waals surface area contributed by atoms with Crippen LogP contribution in [0.3, 0.4) is 0 Å². The highest BCUT2D eigenvalue weighted by Crippen LogP contribution is 2.29. The van der Waals surface area contributed by atoms with Crippen LogP contribution in [0.4, 0.5) is 0 Å². The Hall–Kier alpha value is -2.00. The molecular formula is C20H23ClN2O. The Morgan fingerprint density at radius 1 is 1.33 bits per heavy atom. The van der Waals surface area contributed by atoms with Crippen molar-refractivity contribution in [3.05, 3.63) is 71.5 Å². The fraction of sp³-hybridized carbons (Fsp3) is 0.350. The monoisotopic (exact) mass is 342 g/mol. The molecule has 0 unspecified atom stereocenters. The van der Waals surface area contributed by atoms with Crippen molar-refractivity contribution in [1.29, 1.82) is 0 Å². The van der Waals surface area contributed by atoms with Crippen LogP contribution in [0, 0.1) is 5.92 Å². The van der Waals surface area contributed by atoms with Gasteiger partial charge >= 0.3 is 0 Å². The van der Waals surface area contributed by atoms with Gasteiger partial charge in [-0.1, -0.05) is 36.2 Å². The molecule has 0 atom stereocenters. The summed E-state index contributed by atoms with van der Waals surface area (Å²) >= 11 is 6.08. The molecule has 1 saturated carbocycles. The lowest BCUT2D eigenvalue weighted by atomic mass is 9.84. The molecule has 0 spiro atoms. The quantitative estimate of drug-likeness (QED) is 0.680. The Morgan fingerprint density at radius 3 is 2.83 bits per heavy atom. The average Bonchev–Trinajstić information content (AvgIpc) is 2.92. The summed E-state index contributed by atoms with van der Waals surface area (Å²) in [4.78, 5) is 14.5. The lowest BCUT2D eigenvalue weighted by molar-refractivity contribution is -0.138. The maximum atomic E-state index is 12.6. The normalized spacial score (nSPS) is 14.2. The summed E-state index contributed by atoms with van der Waals surface area (Å²) in [6.45, 7) is 5.77. The highest BCUT2D eigenvalue weighted by atomic mass is 35.5. The SMILES string of the molecule is C=CCN(Cc1cccn1Cc1cccc(Cl)c1)C(=O)C1CCC1. The van der Waals surface area contributed by atoms with Crippen LogP contribution in [0.1, 0.15) is 30.5 Å². The van der Waals surface area contributed by atoms with Gasteiger partial charge in [-0.15, -0.1) is 6.58 Å². The number of aromatic nitrogens is 1. The number of nitrogens with zero attached hydrogens (tertiary/aromatic N) is 2. The Balaban J connectivity index is 1.73. The first kappa shape index (κ1) is 16.8. The molecule has 1 fully saturated rings. The lowest BCUT2D eigenvalue weighted by Crippen LogP contribution is -2.39. The second-order valence-electron chi connectivity index (χ2n) is 6.39. The van der Waals surface area contributed by atoms with E-state index in [1.807, 2.05) is 29.2 Å². The first-order chi connectivity index (χ1) is 11.7. The van der Waals surface area contributed by atoms with Crippen LogP contribution in [-0.2, 0) is 17.9 Å². The van der Waals surface area contributed by atoms with Crippen LogP contribution in [0.15, 0.2) is 55.3 Å². The smallest absolute Gasteiger partial charge is 0.226 e. The van der Waals surface area contributed by atoms with Gasteiger partial charge in [-0.05, 0) is 42.7 Å². The molecule has 126 valence electrons. The molecule has 0 N–H and O–H groups in total. The van der Waals surface area contributed by atoms with Crippen LogP contribution in [0.2, 0.25) is 5.02 Å². The van der Waals surface area contributed by atoms with E-state index in [2.05, 4.69) is 29.5 Å². The van der Waals surface area contributed by atoms with Crippen LogP contribution in [0.25, 0.3) is 0 Å². The number of amides is 1. The lowest BCUT2D eigenvalue weighted by Gasteiger charge is -2.31. The molecule has 24 heavy (non-hydrogen) atoms. The van der Waals surface area contributed by atoms with Gasteiger partial charge in [-0.2, -0.15) is 0 Å². The van der Waals surface area contributed by atoms with Gasteiger partial charge in [0.1, 0.15) is 0 Å². The van der Waals surface area contributed by atoms with Crippen LogP contribution in [0.5, 0.6) is 0 Å². The molecule has 3 rings (SSSR count). The minimum atomic E-state index is 0.210. The van der Waals surface area contributed by atoms with Crippen molar-refractivity contribution in [2.24, 2.45) is 5.92 Å². The minimum Gasteiger partial charge on any atom is -0.345 e. The average molecular weight is 343 g/mol. The van der Waals surface area contributed by atoms with Crippen molar-refractivity contribution in [3.8, 4) is 0 Å². The Morgan fingerprint density at radius 2 is 2.17 bits per heavy atom. The Labute approximate surface area is 148 Å². The van der Waals surface area contributed by atoms with E-state index in [1.165, 1.54) is 6.42 Å². The number of benzene rings is 1. The van der Waals surface area contributed by atoms with Gasteiger partial charge in [-0.3, -0.25) is 4.79 Å². The molecule has 1 aliphatic carbocycles. The van der Waals surface area contributed by atoms with Gasteiger partial charge in [-0.25, -0.2) is 0 Å². The van der Waals surface area contributed by atoms with Crippen molar-refractivity contribution >= 4 is 17.5 Å². The second-order valence-corrected chi connectivity index (χ2v) is 6.83. The summed E-state index contributed by atoms with van der Waals surface area (Å²) in [5.74, 6) is 0.470. The van der Waals surface area contributed by atoms with Gasteiger partial charge in [0.2, 0.25) is 5.91 Å². The highest BCUT2D eigenvalue weighted by Gasteiger charge is 2.29. The van der Waals surface area contributed by atoms with E-state index >= 15 is 0 Å². The fourth-order valence-electron chi connectivity index (χ4n) is 3.08. The third-order valence-electron chi connectivity index (χ3n) is 4.63. The standard InChI is InChI=1S/C20H23ClN2O/c1-2-11-23(20(24)17-7-4-8-17)15-19-10-5-12-22(19)14-16-6-3-9-18(21)13-16/h2-3,5-6,9-10,12-13,17H,1,4,7-8,11,14-15H2. The first-order valence-corrected chi connectivity index (χ1v) is 8.83. The van der Waals surface area contributed by atoms with Crippen molar-refractivity contribution in [2.45, 2.75) is 32.4 Å². The van der Waals surface area contributed by atoms with E-state index in [4.69, 9.17) is 11.6 Å². The van der Waals surface area contributed by atoms with E-state index in [0.717, 1.165) is 35.7 Å². The number of hydrogen-bond donors (Lipinski definition) is 0. The second kappa shape index (κ2) is 7.71. The molecule has 1 heterocycles. The molecule has 0 saturated heterocycles. The third kappa shape index (κ3) is 3.90. The van der Waals surface area contributed by atoms with E-state index in [1.54, 1.807) is 6.08 Å². The van der Waals surface area contributed by atoms with Gasteiger partial charge in [0.25, 0.3) is 0 Å². The van der Waals surface area contributed by atoms with Crippen LogP contribution < -0.4 is 0 Å². The molecule has 0 radical (unpaired) electrons. The van der Waals surface area contributed by atoms with Crippen LogP contribution in [-0.4, -0.2) is 21.9 Å². The largest absolute Gasteiger partial charge is 0.345 e. The number of carbonyl (C=O) groups excluding carboxylic acids is 1. The zero-order valence-electron chi connectivity index (χ0n) is 13.8. The zero-order valence-corrected chi connectivity index (χ0v) is 14.6. The summed E-state index contributed by atoms with van der Waals surface area (Å²) in [7, 11) is 0. The van der Waals surface area contributed by atoms with Gasteiger partial charge < -0.3 is 9.47 Å². The summed E-state index contributed by atoms with van der Waals surface area (Å²) in [5, 5.41) is 0.745. The topological polar surface area (TPSA) is 25.2 Å². The summed E-state index contributed by atoms with van der Waals surface area (Å²) in [5.41, 5.74) is 2.28. The number of carbonyl (C=O) groups is 1. The molecule has 0 aliphatic heterocycles. The molecule has 1 aromatic heterocycles. The predicted octanol–water partition coefficient (Wildman–Crippen LogP) is 4.50. The predicted molar refractivity (Wildman–Crippen MR) is 97.9 cm³/mol. The molecule has 1 aliphatic rings. The van der Waals surface area contributed by atoms with Gasteiger partial charge in [0.15, 0.2) is 0 Å². The van der Waals surface area contributed by atoms with Crippen molar-refractivity contribution < 1.29 is 4.79 Å². The number of rotatable bonds is 7. The van der Waals surface area contributed by atoms with Crippen LogP contribution >= 0.6 is 11.6 Å². The third-order valence-corrected chi connectivity index (χ3v) is 4.87. The highest BCUT2D eigenvalue weighted by molar-refractivity contribution is 6.30. The first-order valence-electron chi connectivity index (χ1n) is 8.45.